The highest BCUT2D eigenvalue weighted by atomic mass is 16.5. The van der Waals surface area contributed by atoms with Crippen LogP contribution in [-0.4, -0.2) is 66.4 Å². The van der Waals surface area contributed by atoms with E-state index < -0.39 is 0 Å². The Kier molecular flexibility index (Phi) is 6.64. The average Bonchev–Trinajstić information content (AvgIpc) is 3.21. The third-order valence-electron chi connectivity index (χ3n) is 4.52. The number of H-pyrrole nitrogens is 1. The molecule has 0 aliphatic carbocycles. The Bertz CT molecular complexity index is 1150. The number of anilines is 3. The van der Waals surface area contributed by atoms with E-state index in [1.165, 1.54) is 12.0 Å². The lowest BCUT2D eigenvalue weighted by Crippen LogP contribution is -2.24. The molecule has 3 aromatic rings. The zero-order valence-electron chi connectivity index (χ0n) is 17.4. The molecule has 0 saturated carbocycles. The van der Waals surface area contributed by atoms with Crippen LogP contribution in [0.4, 0.5) is 17.5 Å². The smallest absolute Gasteiger partial charge is 0.231 e. The second-order valence-electron chi connectivity index (χ2n) is 6.48. The molecule has 0 saturated heterocycles. The van der Waals surface area contributed by atoms with Gasteiger partial charge in [-0.15, -0.1) is 0 Å². The molecule has 0 spiro atoms. The Labute approximate surface area is 179 Å². The van der Waals surface area contributed by atoms with Crippen molar-refractivity contribution in [2.75, 3.05) is 45.1 Å². The second kappa shape index (κ2) is 9.55. The van der Waals surface area contributed by atoms with Crippen molar-refractivity contribution < 1.29 is 9.47 Å². The number of amidine groups is 1. The fourth-order valence-corrected chi connectivity index (χ4v) is 2.91. The fourth-order valence-electron chi connectivity index (χ4n) is 2.91. The van der Waals surface area contributed by atoms with Crippen molar-refractivity contribution in [2.45, 2.75) is 0 Å². The SMILES string of the molecule is COCCNc1nc(Nc2ccc(C(=N)N(C)C=N)cc2OC)nc2[nH]cc(C#N)c12. The Morgan fingerprint density at radius 1 is 1.35 bits per heavy atom. The number of ether oxygens (including phenoxy) is 2. The van der Waals surface area contributed by atoms with Crippen molar-refractivity contribution in [1.82, 2.24) is 19.9 Å². The number of nitriles is 1. The number of rotatable bonds is 9. The van der Waals surface area contributed by atoms with Gasteiger partial charge in [-0.05, 0) is 18.2 Å². The molecule has 11 heteroatoms. The van der Waals surface area contributed by atoms with E-state index >= 15 is 0 Å². The molecular formula is C20H23N9O2. The largest absolute Gasteiger partial charge is 0.495 e. The minimum absolute atomic E-state index is 0.164. The topological polar surface area (TPSA) is 159 Å². The molecule has 3 rings (SSSR count). The van der Waals surface area contributed by atoms with Gasteiger partial charge in [-0.2, -0.15) is 15.2 Å². The standard InChI is InChI=1S/C20H23N9O2/c1-29(11-22)17(23)12-4-5-14(15(8-12)31-3)26-20-27-18(24-6-7-30-2)16-13(9-21)10-25-19(16)28-20/h4-5,8,10-11,22-23H,6-7H2,1-3H3,(H3,24,25,26,27,28). The van der Waals surface area contributed by atoms with Crippen LogP contribution >= 0.6 is 0 Å². The van der Waals surface area contributed by atoms with Crippen LogP contribution in [0.15, 0.2) is 24.4 Å². The van der Waals surface area contributed by atoms with E-state index in [0.29, 0.717) is 58.5 Å². The first kappa shape index (κ1) is 21.5. The molecule has 0 aliphatic heterocycles. The third-order valence-corrected chi connectivity index (χ3v) is 4.52. The van der Waals surface area contributed by atoms with E-state index in [4.69, 9.17) is 20.3 Å². The zero-order chi connectivity index (χ0) is 22.4. The monoisotopic (exact) mass is 421 g/mol. The van der Waals surface area contributed by atoms with E-state index in [1.807, 2.05) is 0 Å². The van der Waals surface area contributed by atoms with Crippen molar-refractivity contribution in [3.63, 3.8) is 0 Å². The minimum atomic E-state index is 0.164. The van der Waals surface area contributed by atoms with E-state index in [-0.39, 0.29) is 5.84 Å². The van der Waals surface area contributed by atoms with Crippen LogP contribution < -0.4 is 15.4 Å². The molecule has 11 nitrogen and oxygen atoms in total. The first-order chi connectivity index (χ1) is 15.0. The van der Waals surface area contributed by atoms with Gasteiger partial charge in [0.05, 0.1) is 36.7 Å². The van der Waals surface area contributed by atoms with Gasteiger partial charge in [-0.1, -0.05) is 0 Å². The van der Waals surface area contributed by atoms with Crippen LogP contribution in [-0.2, 0) is 4.74 Å². The summed E-state index contributed by atoms with van der Waals surface area (Å²) < 4.78 is 10.5. The highest BCUT2D eigenvalue weighted by molar-refractivity contribution is 6.02. The minimum Gasteiger partial charge on any atom is -0.495 e. The lowest BCUT2D eigenvalue weighted by molar-refractivity contribution is 0.210. The Morgan fingerprint density at radius 2 is 2.16 bits per heavy atom. The van der Waals surface area contributed by atoms with Gasteiger partial charge in [0, 0.05) is 32.5 Å². The van der Waals surface area contributed by atoms with Gasteiger partial charge in [-0.25, -0.2) is 0 Å². The molecule has 160 valence electrons. The van der Waals surface area contributed by atoms with E-state index in [2.05, 4.69) is 31.7 Å². The zero-order valence-corrected chi connectivity index (χ0v) is 17.4. The number of nitrogens with one attached hydrogen (secondary N) is 5. The first-order valence-corrected chi connectivity index (χ1v) is 9.31. The van der Waals surface area contributed by atoms with E-state index in [0.717, 1.165) is 6.34 Å². The average molecular weight is 421 g/mol. The summed E-state index contributed by atoms with van der Waals surface area (Å²) in [7, 11) is 4.76. The third kappa shape index (κ3) is 4.54. The lowest BCUT2D eigenvalue weighted by atomic mass is 10.1. The van der Waals surface area contributed by atoms with Gasteiger partial charge < -0.3 is 30.0 Å². The molecule has 0 fully saturated rings. The number of hydrogen-bond donors (Lipinski definition) is 5. The number of hydrogen-bond acceptors (Lipinski definition) is 9. The van der Waals surface area contributed by atoms with Crippen molar-refractivity contribution in [3.05, 3.63) is 35.5 Å². The highest BCUT2D eigenvalue weighted by Gasteiger charge is 2.16. The van der Waals surface area contributed by atoms with Gasteiger partial charge in [0.25, 0.3) is 0 Å². The highest BCUT2D eigenvalue weighted by Crippen LogP contribution is 2.30. The van der Waals surface area contributed by atoms with E-state index in [9.17, 15) is 5.26 Å². The summed E-state index contributed by atoms with van der Waals surface area (Å²) in [6.45, 7) is 0.991. The van der Waals surface area contributed by atoms with Gasteiger partial charge in [0.2, 0.25) is 5.95 Å². The quantitative estimate of drug-likeness (QED) is 0.200. The summed E-state index contributed by atoms with van der Waals surface area (Å²) in [6, 6.07) is 7.33. The van der Waals surface area contributed by atoms with Crippen molar-refractivity contribution >= 4 is 40.7 Å². The Morgan fingerprint density at radius 3 is 2.84 bits per heavy atom. The number of aromatic nitrogens is 3. The molecule has 5 N–H and O–H groups in total. The molecule has 1 aromatic carbocycles. The van der Waals surface area contributed by atoms with Gasteiger partial charge in [-0.3, -0.25) is 10.8 Å². The molecular weight excluding hydrogens is 398 g/mol. The first-order valence-electron chi connectivity index (χ1n) is 9.31. The molecule has 2 heterocycles. The van der Waals surface area contributed by atoms with Gasteiger partial charge in [0.15, 0.2) is 0 Å². The predicted octanol–water partition coefficient (Wildman–Crippen LogP) is 2.50. The molecule has 31 heavy (non-hydrogen) atoms. The normalized spacial score (nSPS) is 10.4. The number of aromatic amines is 1. The summed E-state index contributed by atoms with van der Waals surface area (Å²) in [5.74, 6) is 1.46. The molecule has 0 bridgehead atoms. The van der Waals surface area contributed by atoms with Crippen LogP contribution in [0, 0.1) is 22.1 Å². The summed E-state index contributed by atoms with van der Waals surface area (Å²) in [4.78, 5) is 13.4. The van der Waals surface area contributed by atoms with E-state index in [1.54, 1.807) is 38.6 Å². The maximum absolute atomic E-state index is 9.38. The Hall–Kier alpha value is -4.17. The van der Waals surface area contributed by atoms with Crippen LogP contribution in [0.1, 0.15) is 11.1 Å². The molecule has 2 aromatic heterocycles. The maximum Gasteiger partial charge on any atom is 0.231 e. The predicted molar refractivity (Wildman–Crippen MR) is 119 cm³/mol. The molecule has 0 radical (unpaired) electrons. The lowest BCUT2D eigenvalue weighted by Gasteiger charge is -2.16. The summed E-state index contributed by atoms with van der Waals surface area (Å²) in [5.41, 5.74) is 2.15. The van der Waals surface area contributed by atoms with Crippen molar-refractivity contribution in [1.29, 1.82) is 16.1 Å². The fraction of sp³-hybridized carbons (Fsp3) is 0.250. The molecule has 0 amide bonds. The van der Waals surface area contributed by atoms with Gasteiger partial charge in [0.1, 0.15) is 29.1 Å². The van der Waals surface area contributed by atoms with Crippen LogP contribution in [0.2, 0.25) is 0 Å². The summed E-state index contributed by atoms with van der Waals surface area (Å²) in [5, 5.41) is 31.7. The van der Waals surface area contributed by atoms with Crippen LogP contribution in [0.3, 0.4) is 0 Å². The number of benzene rings is 1. The number of methoxy groups -OCH3 is 2. The summed E-state index contributed by atoms with van der Waals surface area (Å²) >= 11 is 0. The Balaban J connectivity index is 1.96. The van der Waals surface area contributed by atoms with Crippen LogP contribution in [0.25, 0.3) is 11.0 Å². The maximum atomic E-state index is 9.38. The van der Waals surface area contributed by atoms with Crippen LogP contribution in [0.5, 0.6) is 5.75 Å². The number of fused-ring (bicyclic) bond motifs is 1. The molecule has 0 unspecified atom stereocenters. The summed E-state index contributed by atoms with van der Waals surface area (Å²) in [6.07, 6.45) is 2.65. The molecule has 0 aliphatic rings. The van der Waals surface area contributed by atoms with Gasteiger partial charge >= 0.3 is 0 Å². The molecule has 0 atom stereocenters. The number of nitrogens with zero attached hydrogens (tertiary/aromatic N) is 4. The van der Waals surface area contributed by atoms with Crippen molar-refractivity contribution in [2.24, 2.45) is 0 Å². The van der Waals surface area contributed by atoms with Crippen molar-refractivity contribution in [3.8, 4) is 11.8 Å². The second-order valence-corrected chi connectivity index (χ2v) is 6.48.